The van der Waals surface area contributed by atoms with Crippen LogP contribution in [0.4, 0.5) is 0 Å². The molecule has 2 rings (SSSR count). The minimum Gasteiger partial charge on any atom is -0.493 e. The Labute approximate surface area is 208 Å². The van der Waals surface area contributed by atoms with Crippen LogP contribution in [-0.4, -0.2) is 32.1 Å². The summed E-state index contributed by atoms with van der Waals surface area (Å²) in [6, 6.07) is 12.3. The average molecular weight is 529 g/mol. The molecule has 0 bridgehead atoms. The van der Waals surface area contributed by atoms with Gasteiger partial charge >= 0.3 is 5.97 Å². The van der Waals surface area contributed by atoms with E-state index in [1.807, 2.05) is 39.0 Å². The summed E-state index contributed by atoms with van der Waals surface area (Å²) in [5, 5.41) is 12.1. The number of unbranched alkanes of at least 4 members (excludes halogenated alkanes) is 1. The van der Waals surface area contributed by atoms with Crippen LogP contribution in [0.25, 0.3) is 6.08 Å². The Hall–Kier alpha value is -3.31. The van der Waals surface area contributed by atoms with Gasteiger partial charge in [0.15, 0.2) is 18.1 Å². The van der Waals surface area contributed by atoms with Gasteiger partial charge in [-0.1, -0.05) is 49.2 Å². The molecule has 1 amide bonds. The van der Waals surface area contributed by atoms with Crippen LogP contribution in [0.3, 0.4) is 0 Å². The predicted molar refractivity (Wildman–Crippen MR) is 134 cm³/mol. The van der Waals surface area contributed by atoms with E-state index in [0.29, 0.717) is 17.9 Å². The SMILES string of the molecule is CCCCNC(=O)/C(C#N)=C/c1ccc(OC(=O)COc2ccc(Br)cc2C(C)C)c(OC)c1. The molecule has 0 aromatic heterocycles. The Morgan fingerprint density at radius 2 is 1.88 bits per heavy atom. The lowest BCUT2D eigenvalue weighted by molar-refractivity contribution is -0.136. The third-order valence-corrected chi connectivity index (χ3v) is 5.34. The summed E-state index contributed by atoms with van der Waals surface area (Å²) in [5.41, 5.74) is 1.52. The fraction of sp³-hybridized carbons (Fsp3) is 0.346. The Morgan fingerprint density at radius 3 is 2.53 bits per heavy atom. The Morgan fingerprint density at radius 1 is 1.15 bits per heavy atom. The lowest BCUT2D eigenvalue weighted by Gasteiger charge is -2.15. The first-order valence-corrected chi connectivity index (χ1v) is 11.8. The third-order valence-electron chi connectivity index (χ3n) is 4.84. The fourth-order valence-corrected chi connectivity index (χ4v) is 3.42. The van der Waals surface area contributed by atoms with E-state index in [1.54, 1.807) is 24.3 Å². The van der Waals surface area contributed by atoms with Crippen LogP contribution in [0.15, 0.2) is 46.4 Å². The van der Waals surface area contributed by atoms with Crippen molar-refractivity contribution in [3.05, 3.63) is 57.6 Å². The van der Waals surface area contributed by atoms with Gasteiger partial charge in [0.1, 0.15) is 17.4 Å². The van der Waals surface area contributed by atoms with Crippen LogP contribution in [-0.2, 0) is 9.59 Å². The number of nitriles is 1. The van der Waals surface area contributed by atoms with Crippen molar-refractivity contribution < 1.29 is 23.8 Å². The molecule has 1 N–H and O–H groups in total. The lowest BCUT2D eigenvalue weighted by Crippen LogP contribution is -2.25. The number of methoxy groups -OCH3 is 1. The molecule has 2 aromatic rings. The van der Waals surface area contributed by atoms with Crippen molar-refractivity contribution in [2.24, 2.45) is 0 Å². The van der Waals surface area contributed by atoms with Crippen molar-refractivity contribution in [3.8, 4) is 23.3 Å². The normalized spacial score (nSPS) is 11.0. The van der Waals surface area contributed by atoms with Crippen molar-refractivity contribution in [1.82, 2.24) is 5.32 Å². The first kappa shape index (κ1) is 26.9. The van der Waals surface area contributed by atoms with E-state index < -0.39 is 11.9 Å². The molecule has 0 unspecified atom stereocenters. The first-order chi connectivity index (χ1) is 16.3. The average Bonchev–Trinajstić information content (AvgIpc) is 2.82. The zero-order valence-electron chi connectivity index (χ0n) is 19.8. The Kier molecular flexibility index (Phi) is 10.6. The number of benzene rings is 2. The number of carbonyl (C=O) groups is 2. The number of hydrogen-bond acceptors (Lipinski definition) is 6. The third kappa shape index (κ3) is 7.92. The monoisotopic (exact) mass is 528 g/mol. The first-order valence-electron chi connectivity index (χ1n) is 11.0. The summed E-state index contributed by atoms with van der Waals surface area (Å²) in [5.74, 6) is 0.305. The topological polar surface area (TPSA) is 97.7 Å². The molecule has 0 aliphatic carbocycles. The molecular formula is C26H29BrN2O5. The minimum atomic E-state index is -0.591. The predicted octanol–water partition coefficient (Wildman–Crippen LogP) is 5.39. The van der Waals surface area contributed by atoms with Crippen LogP contribution in [0.1, 0.15) is 50.7 Å². The number of hydrogen-bond donors (Lipinski definition) is 1. The quantitative estimate of drug-likeness (QED) is 0.138. The molecule has 0 heterocycles. The van der Waals surface area contributed by atoms with Crippen LogP contribution in [0.5, 0.6) is 17.2 Å². The summed E-state index contributed by atoms with van der Waals surface area (Å²) < 4.78 is 17.4. The van der Waals surface area contributed by atoms with Crippen LogP contribution < -0.4 is 19.5 Å². The van der Waals surface area contributed by atoms with Crippen molar-refractivity contribution in [1.29, 1.82) is 5.26 Å². The molecule has 7 nitrogen and oxygen atoms in total. The molecule has 0 aliphatic heterocycles. The number of nitrogens with zero attached hydrogens (tertiary/aromatic N) is 1. The van der Waals surface area contributed by atoms with E-state index in [4.69, 9.17) is 14.2 Å². The van der Waals surface area contributed by atoms with Gasteiger partial charge in [-0.15, -0.1) is 0 Å². The smallest absolute Gasteiger partial charge is 0.349 e. The standard InChI is InChI=1S/C26H29BrN2O5/c1-5-6-11-29-26(31)19(15-28)12-18-7-9-23(24(13-18)32-4)34-25(30)16-33-22-10-8-20(27)14-21(22)17(2)3/h7-10,12-14,17H,5-6,11,16H2,1-4H3,(H,29,31)/b19-12+. The van der Waals surface area contributed by atoms with Crippen molar-refractivity contribution in [3.63, 3.8) is 0 Å². The van der Waals surface area contributed by atoms with E-state index in [-0.39, 0.29) is 29.6 Å². The molecule has 0 radical (unpaired) electrons. The lowest BCUT2D eigenvalue weighted by atomic mass is 10.0. The molecule has 0 aliphatic rings. The Balaban J connectivity index is 2.09. The highest BCUT2D eigenvalue weighted by Gasteiger charge is 2.15. The number of ether oxygens (including phenoxy) is 3. The molecule has 2 aromatic carbocycles. The molecule has 0 saturated carbocycles. The number of nitrogens with one attached hydrogen (secondary N) is 1. The zero-order valence-corrected chi connectivity index (χ0v) is 21.4. The fourth-order valence-electron chi connectivity index (χ4n) is 3.04. The molecular weight excluding hydrogens is 500 g/mol. The van der Waals surface area contributed by atoms with Gasteiger partial charge in [0.2, 0.25) is 0 Å². The van der Waals surface area contributed by atoms with Gasteiger partial charge in [-0.3, -0.25) is 4.79 Å². The van der Waals surface area contributed by atoms with Gasteiger partial charge in [0.25, 0.3) is 5.91 Å². The van der Waals surface area contributed by atoms with Crippen LogP contribution in [0.2, 0.25) is 0 Å². The number of amides is 1. The highest BCUT2D eigenvalue weighted by Crippen LogP contribution is 2.31. The Bertz CT molecular complexity index is 1090. The summed E-state index contributed by atoms with van der Waals surface area (Å²) in [6.45, 7) is 6.33. The van der Waals surface area contributed by atoms with E-state index in [0.717, 1.165) is 22.9 Å². The van der Waals surface area contributed by atoms with Gasteiger partial charge in [-0.2, -0.15) is 5.26 Å². The second-order valence-electron chi connectivity index (χ2n) is 7.79. The second kappa shape index (κ2) is 13.4. The molecule has 34 heavy (non-hydrogen) atoms. The van der Waals surface area contributed by atoms with E-state index in [1.165, 1.54) is 13.2 Å². The second-order valence-corrected chi connectivity index (χ2v) is 8.70. The van der Waals surface area contributed by atoms with Gasteiger partial charge in [0, 0.05) is 11.0 Å². The summed E-state index contributed by atoms with van der Waals surface area (Å²) in [4.78, 5) is 24.6. The van der Waals surface area contributed by atoms with Crippen molar-refractivity contribution in [2.75, 3.05) is 20.3 Å². The molecule has 0 spiro atoms. The van der Waals surface area contributed by atoms with Crippen molar-refractivity contribution in [2.45, 2.75) is 39.5 Å². The number of carbonyl (C=O) groups excluding carboxylic acids is 2. The highest BCUT2D eigenvalue weighted by molar-refractivity contribution is 9.10. The zero-order chi connectivity index (χ0) is 25.1. The van der Waals surface area contributed by atoms with Crippen LogP contribution >= 0.6 is 15.9 Å². The molecule has 8 heteroatoms. The number of esters is 1. The maximum atomic E-state index is 12.4. The van der Waals surface area contributed by atoms with Gasteiger partial charge in [-0.25, -0.2) is 4.79 Å². The maximum absolute atomic E-state index is 12.4. The van der Waals surface area contributed by atoms with Gasteiger partial charge < -0.3 is 19.5 Å². The number of halogens is 1. The highest BCUT2D eigenvalue weighted by atomic mass is 79.9. The molecule has 0 fully saturated rings. The van der Waals surface area contributed by atoms with Gasteiger partial charge in [-0.05, 0) is 59.9 Å². The van der Waals surface area contributed by atoms with E-state index in [9.17, 15) is 14.9 Å². The molecule has 0 atom stereocenters. The molecule has 0 saturated heterocycles. The molecule has 180 valence electrons. The van der Waals surface area contributed by atoms with Crippen LogP contribution in [0, 0.1) is 11.3 Å². The van der Waals surface area contributed by atoms with Gasteiger partial charge in [0.05, 0.1) is 7.11 Å². The van der Waals surface area contributed by atoms with E-state index in [2.05, 4.69) is 21.2 Å². The van der Waals surface area contributed by atoms with Crippen molar-refractivity contribution >= 4 is 33.9 Å². The summed E-state index contributed by atoms with van der Waals surface area (Å²) in [7, 11) is 1.44. The largest absolute Gasteiger partial charge is 0.493 e. The minimum absolute atomic E-state index is 0.0215. The van der Waals surface area contributed by atoms with E-state index >= 15 is 0 Å². The summed E-state index contributed by atoms with van der Waals surface area (Å²) >= 11 is 3.45. The number of rotatable bonds is 11. The maximum Gasteiger partial charge on any atom is 0.349 e. The summed E-state index contributed by atoms with van der Waals surface area (Å²) in [6.07, 6.45) is 3.23.